The zero-order valence-electron chi connectivity index (χ0n) is 9.78. The van der Waals surface area contributed by atoms with Crippen molar-refractivity contribution in [2.45, 2.75) is 19.3 Å². The van der Waals surface area contributed by atoms with Crippen molar-refractivity contribution < 1.29 is 14.7 Å². The molecule has 0 saturated heterocycles. The summed E-state index contributed by atoms with van der Waals surface area (Å²) in [6.07, 6.45) is 1.31. The zero-order chi connectivity index (χ0) is 13.5. The summed E-state index contributed by atoms with van der Waals surface area (Å²) in [5, 5.41) is 11.2. The molecule has 18 heavy (non-hydrogen) atoms. The van der Waals surface area contributed by atoms with Gasteiger partial charge in [-0.2, -0.15) is 0 Å². The topological polar surface area (TPSA) is 92.4 Å². The fourth-order valence-corrected chi connectivity index (χ4v) is 1.84. The molecule has 0 aliphatic heterocycles. The van der Waals surface area contributed by atoms with E-state index in [1.807, 2.05) is 0 Å². The van der Waals surface area contributed by atoms with E-state index in [1.165, 1.54) is 0 Å². The summed E-state index contributed by atoms with van der Waals surface area (Å²) in [7, 11) is 0. The molecule has 1 aromatic carbocycles. The smallest absolute Gasteiger partial charge is 0.303 e. The summed E-state index contributed by atoms with van der Waals surface area (Å²) in [5.41, 5.74) is 6.61. The molecule has 0 atom stereocenters. The maximum Gasteiger partial charge on any atom is 0.303 e. The number of anilines is 1. The maximum absolute atomic E-state index is 11.8. The molecule has 1 rings (SSSR count). The van der Waals surface area contributed by atoms with E-state index >= 15 is 0 Å². The van der Waals surface area contributed by atoms with Gasteiger partial charge in [0, 0.05) is 23.1 Å². The Morgan fingerprint density at radius 2 is 2.06 bits per heavy atom. The number of aliphatic carboxylic acids is 1. The highest BCUT2D eigenvalue weighted by molar-refractivity contribution is 9.10. The van der Waals surface area contributed by atoms with Gasteiger partial charge in [0.25, 0.3) is 5.91 Å². The van der Waals surface area contributed by atoms with E-state index in [0.717, 1.165) is 0 Å². The van der Waals surface area contributed by atoms with Crippen molar-refractivity contribution in [3.8, 4) is 0 Å². The van der Waals surface area contributed by atoms with Gasteiger partial charge in [0.1, 0.15) is 0 Å². The number of carbonyl (C=O) groups excluding carboxylic acids is 1. The molecule has 0 spiro atoms. The van der Waals surface area contributed by atoms with E-state index in [4.69, 9.17) is 10.8 Å². The van der Waals surface area contributed by atoms with E-state index in [-0.39, 0.29) is 12.3 Å². The highest BCUT2D eigenvalue weighted by Crippen LogP contribution is 2.19. The van der Waals surface area contributed by atoms with Gasteiger partial charge in [0.2, 0.25) is 0 Å². The number of halogens is 1. The van der Waals surface area contributed by atoms with Crippen LogP contribution in [0.1, 0.15) is 29.6 Å². The lowest BCUT2D eigenvalue weighted by Gasteiger charge is -2.07. The third kappa shape index (κ3) is 4.75. The lowest BCUT2D eigenvalue weighted by molar-refractivity contribution is -0.137. The van der Waals surface area contributed by atoms with Crippen LogP contribution in [0.25, 0.3) is 0 Å². The number of rotatable bonds is 6. The van der Waals surface area contributed by atoms with Gasteiger partial charge in [-0.1, -0.05) is 0 Å². The highest BCUT2D eigenvalue weighted by atomic mass is 79.9. The molecule has 98 valence electrons. The van der Waals surface area contributed by atoms with Crippen molar-refractivity contribution in [2.24, 2.45) is 0 Å². The molecule has 0 aliphatic carbocycles. The largest absolute Gasteiger partial charge is 0.481 e. The molecule has 0 radical (unpaired) electrons. The Labute approximate surface area is 113 Å². The van der Waals surface area contributed by atoms with Crippen LogP contribution in [0.4, 0.5) is 5.69 Å². The van der Waals surface area contributed by atoms with E-state index in [2.05, 4.69) is 21.2 Å². The average molecular weight is 315 g/mol. The highest BCUT2D eigenvalue weighted by Gasteiger charge is 2.09. The number of carboxylic acids is 1. The number of unbranched alkanes of at least 4 members (excludes halogenated alkanes) is 1. The fourth-order valence-electron chi connectivity index (χ4n) is 1.42. The molecule has 0 heterocycles. The molecule has 0 aromatic heterocycles. The Hall–Kier alpha value is -1.56. The number of benzene rings is 1. The number of hydrogen-bond acceptors (Lipinski definition) is 3. The Morgan fingerprint density at radius 3 is 2.72 bits per heavy atom. The summed E-state index contributed by atoms with van der Waals surface area (Å²) in [5.74, 6) is -1.04. The van der Waals surface area contributed by atoms with Gasteiger partial charge in [-0.3, -0.25) is 9.59 Å². The van der Waals surface area contributed by atoms with Gasteiger partial charge >= 0.3 is 5.97 Å². The number of amides is 1. The molecule has 4 N–H and O–H groups in total. The van der Waals surface area contributed by atoms with Crippen LogP contribution < -0.4 is 11.1 Å². The number of carboxylic acid groups (broad SMARTS) is 1. The SMILES string of the molecule is Nc1ccc(Br)c(C(=O)NCCCCC(=O)O)c1. The van der Waals surface area contributed by atoms with Crippen LogP contribution in [0, 0.1) is 0 Å². The molecule has 0 unspecified atom stereocenters. The minimum Gasteiger partial charge on any atom is -0.481 e. The van der Waals surface area contributed by atoms with Gasteiger partial charge in [-0.25, -0.2) is 0 Å². The van der Waals surface area contributed by atoms with Gasteiger partial charge in [0.15, 0.2) is 0 Å². The second-order valence-electron chi connectivity index (χ2n) is 3.85. The minimum absolute atomic E-state index is 0.123. The molecule has 0 fully saturated rings. The third-order valence-electron chi connectivity index (χ3n) is 2.34. The Morgan fingerprint density at radius 1 is 1.33 bits per heavy atom. The Balaban J connectivity index is 2.41. The van der Waals surface area contributed by atoms with Crippen molar-refractivity contribution in [2.75, 3.05) is 12.3 Å². The van der Waals surface area contributed by atoms with Crippen molar-refractivity contribution >= 4 is 33.5 Å². The van der Waals surface area contributed by atoms with Crippen molar-refractivity contribution in [3.63, 3.8) is 0 Å². The molecule has 6 heteroatoms. The van der Waals surface area contributed by atoms with Crippen LogP contribution in [0.5, 0.6) is 0 Å². The van der Waals surface area contributed by atoms with Crippen LogP contribution in [-0.4, -0.2) is 23.5 Å². The summed E-state index contributed by atoms with van der Waals surface area (Å²) in [4.78, 5) is 22.1. The van der Waals surface area contributed by atoms with Gasteiger partial charge in [-0.15, -0.1) is 0 Å². The third-order valence-corrected chi connectivity index (χ3v) is 3.03. The predicted molar refractivity (Wildman–Crippen MR) is 72.4 cm³/mol. The second-order valence-corrected chi connectivity index (χ2v) is 4.70. The summed E-state index contributed by atoms with van der Waals surface area (Å²) < 4.78 is 0.680. The lowest BCUT2D eigenvalue weighted by Crippen LogP contribution is -2.25. The average Bonchev–Trinajstić information content (AvgIpc) is 2.31. The standard InChI is InChI=1S/C12H15BrN2O3/c13-10-5-4-8(14)7-9(10)12(18)15-6-2-1-3-11(16)17/h4-5,7H,1-3,6,14H2,(H,15,18)(H,16,17). The predicted octanol–water partition coefficient (Wildman–Crippen LogP) is 2.02. The minimum atomic E-state index is -0.820. The second kappa shape index (κ2) is 7.00. The van der Waals surface area contributed by atoms with E-state index in [9.17, 15) is 9.59 Å². The quantitative estimate of drug-likeness (QED) is 0.553. The summed E-state index contributed by atoms with van der Waals surface area (Å²) in [6, 6.07) is 5.01. The Kier molecular flexibility index (Phi) is 5.64. The van der Waals surface area contributed by atoms with Gasteiger partial charge < -0.3 is 16.2 Å². The van der Waals surface area contributed by atoms with Crippen LogP contribution in [0.3, 0.4) is 0 Å². The van der Waals surface area contributed by atoms with Crippen molar-refractivity contribution in [1.29, 1.82) is 0 Å². The lowest BCUT2D eigenvalue weighted by atomic mass is 10.2. The number of carbonyl (C=O) groups is 2. The molecule has 5 nitrogen and oxygen atoms in total. The van der Waals surface area contributed by atoms with Gasteiger partial charge in [0.05, 0.1) is 5.56 Å². The van der Waals surface area contributed by atoms with E-state index in [1.54, 1.807) is 18.2 Å². The number of nitrogens with two attached hydrogens (primary N) is 1. The summed E-state index contributed by atoms with van der Waals surface area (Å²) in [6.45, 7) is 0.452. The van der Waals surface area contributed by atoms with Crippen LogP contribution in [-0.2, 0) is 4.79 Å². The van der Waals surface area contributed by atoms with Crippen molar-refractivity contribution in [1.82, 2.24) is 5.32 Å². The number of hydrogen-bond donors (Lipinski definition) is 3. The first-order chi connectivity index (χ1) is 8.50. The molecule has 0 aliphatic rings. The molecule has 1 amide bonds. The number of nitrogens with one attached hydrogen (secondary N) is 1. The molecule has 1 aromatic rings. The van der Waals surface area contributed by atoms with Crippen LogP contribution in [0.15, 0.2) is 22.7 Å². The molecular formula is C12H15BrN2O3. The van der Waals surface area contributed by atoms with Crippen molar-refractivity contribution in [3.05, 3.63) is 28.2 Å². The first kappa shape index (κ1) is 14.5. The Bertz CT molecular complexity index is 449. The maximum atomic E-state index is 11.8. The summed E-state index contributed by atoms with van der Waals surface area (Å²) >= 11 is 3.28. The molecule has 0 saturated carbocycles. The fraction of sp³-hybridized carbons (Fsp3) is 0.333. The van der Waals surface area contributed by atoms with E-state index in [0.29, 0.717) is 35.1 Å². The van der Waals surface area contributed by atoms with Crippen LogP contribution >= 0.6 is 15.9 Å². The first-order valence-corrected chi connectivity index (χ1v) is 6.35. The molecule has 0 bridgehead atoms. The monoisotopic (exact) mass is 314 g/mol. The first-order valence-electron chi connectivity index (χ1n) is 5.55. The molecular weight excluding hydrogens is 300 g/mol. The number of nitrogen functional groups attached to an aromatic ring is 1. The van der Waals surface area contributed by atoms with E-state index < -0.39 is 5.97 Å². The normalized spacial score (nSPS) is 10.1. The zero-order valence-corrected chi connectivity index (χ0v) is 11.4. The van der Waals surface area contributed by atoms with Crippen LogP contribution in [0.2, 0.25) is 0 Å². The van der Waals surface area contributed by atoms with Gasteiger partial charge in [-0.05, 0) is 47.0 Å².